The third-order valence-electron chi connectivity index (χ3n) is 2.59. The van der Waals surface area contributed by atoms with Gasteiger partial charge in [0.25, 0.3) is 0 Å². The number of nitrogen functional groups attached to an aromatic ring is 1. The molecule has 0 saturated carbocycles. The fourth-order valence-electron chi connectivity index (χ4n) is 1.76. The van der Waals surface area contributed by atoms with Crippen molar-refractivity contribution < 1.29 is 22.6 Å². The van der Waals surface area contributed by atoms with Gasteiger partial charge < -0.3 is 15.2 Å². The minimum Gasteiger partial charge on any atom is -0.497 e. The van der Waals surface area contributed by atoms with Crippen LogP contribution in [0, 0.1) is 0 Å². The van der Waals surface area contributed by atoms with E-state index >= 15 is 0 Å². The van der Waals surface area contributed by atoms with E-state index in [1.54, 1.807) is 18.2 Å². The molecule has 2 N–H and O–H groups in total. The number of methoxy groups -OCH3 is 1. The van der Waals surface area contributed by atoms with Gasteiger partial charge in [-0.1, -0.05) is 12.1 Å². The molecule has 3 nitrogen and oxygen atoms in total. The summed E-state index contributed by atoms with van der Waals surface area (Å²) in [5.74, 6) is 0.313. The molecule has 0 aromatic heterocycles. The average molecular weight is 283 g/mol. The van der Waals surface area contributed by atoms with Crippen molar-refractivity contribution in [2.75, 3.05) is 12.8 Å². The third-order valence-corrected chi connectivity index (χ3v) is 2.59. The lowest BCUT2D eigenvalue weighted by atomic mass is 10.0. The maximum absolute atomic E-state index is 12.1. The predicted molar refractivity (Wildman–Crippen MR) is 69.5 cm³/mol. The molecule has 0 unspecified atom stereocenters. The van der Waals surface area contributed by atoms with Crippen molar-refractivity contribution in [1.29, 1.82) is 0 Å². The second kappa shape index (κ2) is 5.32. The lowest BCUT2D eigenvalue weighted by Gasteiger charge is -2.10. The molecule has 20 heavy (non-hydrogen) atoms. The Morgan fingerprint density at radius 2 is 1.55 bits per heavy atom. The predicted octanol–water partition coefficient (Wildman–Crippen LogP) is 3.84. The summed E-state index contributed by atoms with van der Waals surface area (Å²) in [4.78, 5) is 0. The Kier molecular flexibility index (Phi) is 3.74. The molecule has 2 rings (SSSR count). The van der Waals surface area contributed by atoms with Crippen LogP contribution in [0.4, 0.5) is 18.9 Å². The Balaban J connectivity index is 2.28. The first kappa shape index (κ1) is 14.0. The number of ether oxygens (including phenoxy) is 2. The quantitative estimate of drug-likeness (QED) is 0.870. The van der Waals surface area contributed by atoms with Crippen LogP contribution in [0.25, 0.3) is 11.1 Å². The van der Waals surface area contributed by atoms with Crippen molar-refractivity contribution in [1.82, 2.24) is 0 Å². The highest BCUT2D eigenvalue weighted by molar-refractivity contribution is 5.70. The molecule has 6 heteroatoms. The summed E-state index contributed by atoms with van der Waals surface area (Å²) in [6.07, 6.45) is -4.69. The summed E-state index contributed by atoms with van der Waals surface area (Å²) >= 11 is 0. The first-order valence-corrected chi connectivity index (χ1v) is 5.68. The van der Waals surface area contributed by atoms with E-state index < -0.39 is 6.36 Å². The van der Waals surface area contributed by atoms with E-state index in [1.165, 1.54) is 31.4 Å². The summed E-state index contributed by atoms with van der Waals surface area (Å²) < 4.78 is 45.1. The number of alkyl halides is 3. The van der Waals surface area contributed by atoms with Gasteiger partial charge in [0, 0.05) is 11.8 Å². The zero-order chi connectivity index (χ0) is 14.8. The number of anilines is 1. The van der Waals surface area contributed by atoms with Crippen LogP contribution in [-0.2, 0) is 0 Å². The van der Waals surface area contributed by atoms with E-state index in [9.17, 15) is 13.2 Å². The monoisotopic (exact) mass is 283 g/mol. The van der Waals surface area contributed by atoms with E-state index in [-0.39, 0.29) is 5.75 Å². The number of hydrogen-bond acceptors (Lipinski definition) is 3. The molecule has 106 valence electrons. The largest absolute Gasteiger partial charge is 0.573 e. The Morgan fingerprint density at radius 3 is 2.10 bits per heavy atom. The lowest BCUT2D eigenvalue weighted by Crippen LogP contribution is -2.16. The highest BCUT2D eigenvalue weighted by atomic mass is 19.4. The SMILES string of the molecule is COc1cc(N)cc(-c2ccc(OC(F)(F)F)cc2)c1. The standard InChI is InChI=1S/C14H12F3NO2/c1-19-13-7-10(6-11(18)8-13)9-2-4-12(5-3-9)20-14(15,16)17/h2-8H,18H2,1H3. The zero-order valence-corrected chi connectivity index (χ0v) is 10.6. The molecule has 0 aliphatic heterocycles. The van der Waals surface area contributed by atoms with Crippen LogP contribution in [0.3, 0.4) is 0 Å². The Hall–Kier alpha value is -2.37. The van der Waals surface area contributed by atoms with Gasteiger partial charge in [0.15, 0.2) is 0 Å². The van der Waals surface area contributed by atoms with E-state index in [0.717, 1.165) is 5.56 Å². The van der Waals surface area contributed by atoms with E-state index in [4.69, 9.17) is 10.5 Å². The topological polar surface area (TPSA) is 44.5 Å². The van der Waals surface area contributed by atoms with Gasteiger partial charge in [-0.25, -0.2) is 0 Å². The summed E-state index contributed by atoms with van der Waals surface area (Å²) in [6.45, 7) is 0. The van der Waals surface area contributed by atoms with Crippen LogP contribution in [0.15, 0.2) is 42.5 Å². The second-order valence-corrected chi connectivity index (χ2v) is 4.07. The van der Waals surface area contributed by atoms with E-state index in [0.29, 0.717) is 17.0 Å². The molecular weight excluding hydrogens is 271 g/mol. The molecule has 0 amide bonds. The van der Waals surface area contributed by atoms with Gasteiger partial charge >= 0.3 is 6.36 Å². The summed E-state index contributed by atoms with van der Waals surface area (Å²) in [6, 6.07) is 10.7. The maximum atomic E-state index is 12.1. The van der Waals surface area contributed by atoms with Gasteiger partial charge in [-0.2, -0.15) is 0 Å². The molecule has 2 aromatic carbocycles. The van der Waals surface area contributed by atoms with E-state index in [2.05, 4.69) is 4.74 Å². The number of rotatable bonds is 3. The molecule has 0 radical (unpaired) electrons. The molecule has 2 aromatic rings. The summed E-state index contributed by atoms with van der Waals surface area (Å²) in [5.41, 5.74) is 7.70. The molecule has 0 aliphatic rings. The first-order valence-electron chi connectivity index (χ1n) is 5.68. The molecule has 0 saturated heterocycles. The molecule has 0 aliphatic carbocycles. The van der Waals surface area contributed by atoms with Crippen molar-refractivity contribution in [3.8, 4) is 22.6 Å². The van der Waals surface area contributed by atoms with Gasteiger partial charge in [-0.15, -0.1) is 13.2 Å². The zero-order valence-electron chi connectivity index (χ0n) is 10.6. The Morgan fingerprint density at radius 1 is 0.900 bits per heavy atom. The number of nitrogens with two attached hydrogens (primary N) is 1. The van der Waals surface area contributed by atoms with Crippen LogP contribution in [0.1, 0.15) is 0 Å². The average Bonchev–Trinajstić information content (AvgIpc) is 2.37. The van der Waals surface area contributed by atoms with Gasteiger partial charge in [0.1, 0.15) is 11.5 Å². The van der Waals surface area contributed by atoms with Crippen molar-refractivity contribution in [2.45, 2.75) is 6.36 Å². The normalized spacial score (nSPS) is 11.2. The molecule has 0 fully saturated rings. The summed E-state index contributed by atoms with van der Waals surface area (Å²) in [5, 5.41) is 0. The molecule has 0 bridgehead atoms. The Labute approximate surface area is 113 Å². The van der Waals surface area contributed by atoms with Crippen LogP contribution in [0.2, 0.25) is 0 Å². The number of hydrogen-bond donors (Lipinski definition) is 1. The van der Waals surface area contributed by atoms with Crippen molar-refractivity contribution in [3.05, 3.63) is 42.5 Å². The number of benzene rings is 2. The highest BCUT2D eigenvalue weighted by Gasteiger charge is 2.30. The van der Waals surface area contributed by atoms with E-state index in [1.807, 2.05) is 0 Å². The first-order chi connectivity index (χ1) is 9.37. The summed E-state index contributed by atoms with van der Waals surface area (Å²) in [7, 11) is 1.51. The second-order valence-electron chi connectivity index (χ2n) is 4.07. The van der Waals surface area contributed by atoms with Gasteiger partial charge in [-0.05, 0) is 35.4 Å². The van der Waals surface area contributed by atoms with Crippen molar-refractivity contribution in [3.63, 3.8) is 0 Å². The van der Waals surface area contributed by atoms with Gasteiger partial charge in [0.2, 0.25) is 0 Å². The molecular formula is C14H12F3NO2. The van der Waals surface area contributed by atoms with Crippen LogP contribution in [0.5, 0.6) is 11.5 Å². The van der Waals surface area contributed by atoms with Crippen molar-refractivity contribution in [2.24, 2.45) is 0 Å². The Bertz CT molecular complexity index is 594. The fraction of sp³-hybridized carbons (Fsp3) is 0.143. The smallest absolute Gasteiger partial charge is 0.497 e. The maximum Gasteiger partial charge on any atom is 0.573 e. The minimum absolute atomic E-state index is 0.267. The van der Waals surface area contributed by atoms with Gasteiger partial charge in [-0.3, -0.25) is 0 Å². The van der Waals surface area contributed by atoms with Gasteiger partial charge in [0.05, 0.1) is 7.11 Å². The highest BCUT2D eigenvalue weighted by Crippen LogP contribution is 2.30. The molecule has 0 spiro atoms. The number of halogens is 3. The van der Waals surface area contributed by atoms with Crippen molar-refractivity contribution >= 4 is 5.69 Å². The lowest BCUT2D eigenvalue weighted by molar-refractivity contribution is -0.274. The molecule has 0 heterocycles. The molecule has 0 atom stereocenters. The van der Waals surface area contributed by atoms with Crippen LogP contribution >= 0.6 is 0 Å². The minimum atomic E-state index is -4.69. The fourth-order valence-corrected chi connectivity index (χ4v) is 1.76. The third kappa shape index (κ3) is 3.57. The van der Waals surface area contributed by atoms with Crippen LogP contribution in [-0.4, -0.2) is 13.5 Å². The van der Waals surface area contributed by atoms with Crippen LogP contribution < -0.4 is 15.2 Å².